The summed E-state index contributed by atoms with van der Waals surface area (Å²) in [5.74, 6) is 0.0120. The molecule has 148 valence electrons. The van der Waals surface area contributed by atoms with Gasteiger partial charge in [0.2, 0.25) is 0 Å². The highest BCUT2D eigenvalue weighted by atomic mass is 35.5. The minimum absolute atomic E-state index is 0.0685. The summed E-state index contributed by atoms with van der Waals surface area (Å²) in [5.41, 5.74) is 5.90. The quantitative estimate of drug-likeness (QED) is 0.470. The maximum Gasteiger partial charge on any atom is 0.276 e. The molecule has 2 aromatic carbocycles. The van der Waals surface area contributed by atoms with Crippen molar-refractivity contribution < 1.29 is 19.1 Å². The average Bonchev–Trinajstić information content (AvgIpc) is 2.70. The lowest BCUT2D eigenvalue weighted by atomic mass is 10.2. The molecular weight excluding hydrogens is 402 g/mol. The molecule has 0 spiro atoms. The highest BCUT2D eigenvalue weighted by Gasteiger charge is 2.08. The Labute approximate surface area is 173 Å². The van der Waals surface area contributed by atoms with E-state index in [2.05, 4.69) is 23.1 Å². The molecule has 0 aliphatic rings. The van der Waals surface area contributed by atoms with E-state index in [1.165, 1.54) is 5.56 Å². The molecule has 0 atom stereocenters. The van der Waals surface area contributed by atoms with Crippen LogP contribution in [-0.2, 0) is 16.0 Å². The molecule has 7 nitrogen and oxygen atoms in total. The first-order valence-corrected chi connectivity index (χ1v) is 9.24. The Morgan fingerprint density at radius 1 is 0.964 bits per heavy atom. The minimum atomic E-state index is -0.496. The smallest absolute Gasteiger partial charge is 0.276 e. The van der Waals surface area contributed by atoms with E-state index in [9.17, 15) is 9.59 Å². The van der Waals surface area contributed by atoms with Crippen molar-refractivity contribution in [2.45, 2.75) is 13.3 Å². The topological polar surface area (TPSA) is 88.7 Å². The zero-order valence-corrected chi connectivity index (χ0v) is 16.7. The van der Waals surface area contributed by atoms with Crippen molar-refractivity contribution in [3.05, 3.63) is 59.1 Å². The van der Waals surface area contributed by atoms with Gasteiger partial charge in [-0.05, 0) is 48.5 Å². The van der Waals surface area contributed by atoms with E-state index >= 15 is 0 Å². The van der Waals surface area contributed by atoms with Gasteiger partial charge in [0.05, 0.1) is 5.02 Å². The highest BCUT2D eigenvalue weighted by Crippen LogP contribution is 2.22. The molecule has 0 heterocycles. The second kappa shape index (κ2) is 11.1. The molecule has 0 aliphatic heterocycles. The van der Waals surface area contributed by atoms with E-state index in [-0.39, 0.29) is 18.3 Å². The summed E-state index contributed by atoms with van der Waals surface area (Å²) in [5, 5.41) is 2.72. The number of rotatable bonds is 7. The maximum atomic E-state index is 11.8. The number of carbonyl (C=O) groups is 2. The van der Waals surface area contributed by atoms with Crippen LogP contribution in [0.1, 0.15) is 12.5 Å². The minimum Gasteiger partial charge on any atom is -0.484 e. The van der Waals surface area contributed by atoms with E-state index in [1.807, 2.05) is 12.1 Å². The Morgan fingerprint density at radius 3 is 2.32 bits per heavy atom. The summed E-state index contributed by atoms with van der Waals surface area (Å²) in [6, 6.07) is 14.2. The maximum absolute atomic E-state index is 11.8. The fourth-order valence-corrected chi connectivity index (χ4v) is 2.39. The number of carbonyl (C=O) groups excluding carboxylic acids is 2. The van der Waals surface area contributed by atoms with Gasteiger partial charge in [0.25, 0.3) is 11.8 Å². The van der Waals surface area contributed by atoms with Crippen molar-refractivity contribution in [2.75, 3.05) is 13.2 Å². The number of ether oxygens (including phenoxy) is 2. The van der Waals surface area contributed by atoms with Gasteiger partial charge in [0.15, 0.2) is 18.3 Å². The van der Waals surface area contributed by atoms with Gasteiger partial charge in [-0.2, -0.15) is 0 Å². The molecule has 0 aromatic heterocycles. The lowest BCUT2D eigenvalue weighted by Gasteiger charge is -2.12. The number of hydrogen-bond acceptors (Lipinski definition) is 5. The van der Waals surface area contributed by atoms with Crippen LogP contribution >= 0.6 is 23.8 Å². The predicted octanol–water partition coefficient (Wildman–Crippen LogP) is 2.38. The van der Waals surface area contributed by atoms with Crippen molar-refractivity contribution in [3.8, 4) is 11.5 Å². The Morgan fingerprint density at radius 2 is 1.64 bits per heavy atom. The second-order valence-corrected chi connectivity index (χ2v) is 6.37. The number of aryl methyl sites for hydroxylation is 1. The van der Waals surface area contributed by atoms with Gasteiger partial charge in [-0.3, -0.25) is 25.8 Å². The molecule has 0 fully saturated rings. The summed E-state index contributed by atoms with van der Waals surface area (Å²) in [7, 11) is 0. The highest BCUT2D eigenvalue weighted by molar-refractivity contribution is 7.80. The molecule has 2 amide bonds. The van der Waals surface area contributed by atoms with E-state index in [4.69, 9.17) is 33.3 Å². The fraction of sp³-hybridized carbons (Fsp3) is 0.211. The van der Waals surface area contributed by atoms with Crippen molar-refractivity contribution in [2.24, 2.45) is 0 Å². The van der Waals surface area contributed by atoms with Gasteiger partial charge >= 0.3 is 0 Å². The molecule has 3 N–H and O–H groups in total. The SMILES string of the molecule is CCc1ccc(OCC(=O)NC(=S)NNC(=O)COc2ccccc2Cl)cc1. The Kier molecular flexibility index (Phi) is 8.51. The number of thiocarbonyl (C=S) groups is 1. The molecule has 0 aliphatic carbocycles. The molecule has 0 radical (unpaired) electrons. The van der Waals surface area contributed by atoms with Crippen molar-refractivity contribution in [3.63, 3.8) is 0 Å². The van der Waals surface area contributed by atoms with Crippen LogP contribution in [0.4, 0.5) is 0 Å². The Bertz CT molecular complexity index is 830. The zero-order chi connectivity index (χ0) is 20.4. The van der Waals surface area contributed by atoms with Crippen LogP contribution in [0.25, 0.3) is 0 Å². The first kappa shape index (κ1) is 21.5. The molecule has 0 saturated carbocycles. The van der Waals surface area contributed by atoms with Crippen LogP contribution in [0.15, 0.2) is 48.5 Å². The van der Waals surface area contributed by atoms with Crippen molar-refractivity contribution in [1.29, 1.82) is 0 Å². The molecule has 9 heteroatoms. The molecule has 2 rings (SSSR count). The van der Waals surface area contributed by atoms with Crippen LogP contribution in [0.2, 0.25) is 5.02 Å². The summed E-state index contributed by atoms with van der Waals surface area (Å²) < 4.78 is 10.7. The normalized spacial score (nSPS) is 9.93. The van der Waals surface area contributed by atoms with Crippen LogP contribution in [0, 0.1) is 0 Å². The zero-order valence-electron chi connectivity index (χ0n) is 15.2. The van der Waals surface area contributed by atoms with Gasteiger partial charge in [0.1, 0.15) is 11.5 Å². The summed E-state index contributed by atoms with van der Waals surface area (Å²) in [6.45, 7) is 1.57. The summed E-state index contributed by atoms with van der Waals surface area (Å²) in [4.78, 5) is 23.6. The van der Waals surface area contributed by atoms with Gasteiger partial charge in [0, 0.05) is 0 Å². The molecule has 0 unspecified atom stereocenters. The third-order valence-corrected chi connectivity index (χ3v) is 3.98. The third kappa shape index (κ3) is 7.42. The number of hydrogen-bond donors (Lipinski definition) is 3. The first-order valence-electron chi connectivity index (χ1n) is 8.45. The van der Waals surface area contributed by atoms with Gasteiger partial charge < -0.3 is 9.47 Å². The van der Waals surface area contributed by atoms with Crippen LogP contribution in [0.5, 0.6) is 11.5 Å². The van der Waals surface area contributed by atoms with E-state index in [0.717, 1.165) is 6.42 Å². The predicted molar refractivity (Wildman–Crippen MR) is 110 cm³/mol. The molecule has 2 aromatic rings. The summed E-state index contributed by atoms with van der Waals surface area (Å²) >= 11 is 10.9. The molecule has 0 saturated heterocycles. The average molecular weight is 422 g/mol. The lowest BCUT2D eigenvalue weighted by Crippen LogP contribution is -2.50. The van der Waals surface area contributed by atoms with Crippen molar-refractivity contribution >= 4 is 40.7 Å². The largest absolute Gasteiger partial charge is 0.484 e. The van der Waals surface area contributed by atoms with E-state index in [1.54, 1.807) is 36.4 Å². The Hall–Kier alpha value is -2.84. The first-order chi connectivity index (χ1) is 13.5. The number of nitrogens with one attached hydrogen (secondary N) is 3. The van der Waals surface area contributed by atoms with Gasteiger partial charge in [-0.15, -0.1) is 0 Å². The molecule has 0 bridgehead atoms. The van der Waals surface area contributed by atoms with Gasteiger partial charge in [-0.1, -0.05) is 42.8 Å². The number of para-hydroxylation sites is 1. The monoisotopic (exact) mass is 421 g/mol. The number of amides is 2. The fourth-order valence-electron chi connectivity index (χ4n) is 2.03. The van der Waals surface area contributed by atoms with Gasteiger partial charge in [-0.25, -0.2) is 0 Å². The molecule has 28 heavy (non-hydrogen) atoms. The van der Waals surface area contributed by atoms with E-state index < -0.39 is 11.8 Å². The van der Waals surface area contributed by atoms with Crippen LogP contribution in [-0.4, -0.2) is 30.1 Å². The standard InChI is InChI=1S/C19H20ClN3O4S/c1-2-13-7-9-14(10-8-13)26-11-17(24)21-19(28)23-22-18(25)12-27-16-6-4-3-5-15(16)20/h3-10H,2,11-12H2,1H3,(H,22,25)(H2,21,23,24,28). The number of hydrazine groups is 1. The molecular formula is C19H20ClN3O4S. The van der Waals surface area contributed by atoms with Crippen molar-refractivity contribution in [1.82, 2.24) is 16.2 Å². The van der Waals surface area contributed by atoms with E-state index in [0.29, 0.717) is 16.5 Å². The number of benzene rings is 2. The lowest BCUT2D eigenvalue weighted by molar-refractivity contribution is -0.124. The van der Waals surface area contributed by atoms with Crippen LogP contribution in [0.3, 0.4) is 0 Å². The Balaban J connectivity index is 1.64. The van der Waals surface area contributed by atoms with Crippen LogP contribution < -0.4 is 25.6 Å². The third-order valence-electron chi connectivity index (χ3n) is 3.47. The number of halogens is 1. The summed E-state index contributed by atoms with van der Waals surface area (Å²) in [6.07, 6.45) is 0.926. The second-order valence-electron chi connectivity index (χ2n) is 5.56.